The molecular formula is C28H30N6O4. The molecule has 0 spiro atoms. The van der Waals surface area contributed by atoms with Crippen LogP contribution >= 0.6 is 0 Å². The second kappa shape index (κ2) is 12.6. The van der Waals surface area contributed by atoms with Crippen molar-refractivity contribution in [2.24, 2.45) is 0 Å². The van der Waals surface area contributed by atoms with Gasteiger partial charge in [-0.25, -0.2) is 9.78 Å². The summed E-state index contributed by atoms with van der Waals surface area (Å²) in [6.07, 6.45) is 0.108. The maximum absolute atomic E-state index is 11.9. The molecule has 0 atom stereocenters. The molecule has 4 rings (SSSR count). The number of para-hydroxylation sites is 2. The van der Waals surface area contributed by atoms with Crippen LogP contribution in [0.4, 0.5) is 34.9 Å². The Bertz CT molecular complexity index is 1410. The smallest absolute Gasteiger partial charge is 0.310 e. The van der Waals surface area contributed by atoms with E-state index in [0.29, 0.717) is 17.6 Å². The van der Waals surface area contributed by atoms with Crippen molar-refractivity contribution in [1.82, 2.24) is 15.0 Å². The zero-order valence-corrected chi connectivity index (χ0v) is 21.7. The molecule has 10 nitrogen and oxygen atoms in total. The third-order valence-corrected chi connectivity index (χ3v) is 5.69. The van der Waals surface area contributed by atoms with Crippen molar-refractivity contribution in [1.29, 1.82) is 0 Å². The number of hydrogen-bond acceptors (Lipinski definition) is 10. The minimum Gasteiger partial charge on any atom is -0.469 e. The lowest BCUT2D eigenvalue weighted by Gasteiger charge is -2.15. The van der Waals surface area contributed by atoms with Crippen molar-refractivity contribution < 1.29 is 19.3 Å². The number of methoxy groups -OCH3 is 1. The number of rotatable bonds is 11. The molecule has 38 heavy (non-hydrogen) atoms. The Balaban J connectivity index is 1.70. The van der Waals surface area contributed by atoms with Gasteiger partial charge in [-0.05, 0) is 43.2 Å². The first-order chi connectivity index (χ1) is 18.4. The molecule has 0 fully saturated rings. The normalized spacial score (nSPS) is 10.6. The van der Waals surface area contributed by atoms with E-state index in [9.17, 15) is 4.79 Å². The number of nitrogens with zero attached hydrogens (tertiary/aromatic N) is 3. The lowest BCUT2D eigenvalue weighted by atomic mass is 10.1. The molecule has 0 aliphatic heterocycles. The maximum Gasteiger partial charge on any atom is 0.310 e. The number of aromatic nitrogens is 3. The number of aryl methyl sites for hydroxylation is 2. The van der Waals surface area contributed by atoms with E-state index in [1.54, 1.807) is 0 Å². The molecule has 0 aliphatic rings. The van der Waals surface area contributed by atoms with E-state index in [1.807, 2.05) is 74.5 Å². The standard InChI is InChI=1S/C28H30N6O4/c1-18-13-14-22(19(2)15-18)29-26-32-27(30-23-11-7-5-9-20(23)16-25(35)36-3)34-28(33-26)31-24-12-8-6-10-21(24)17-38-37-4/h5-15H,16-17H2,1-4H3,(H3,29,30,31,32,33,34). The van der Waals surface area contributed by atoms with Crippen LogP contribution in [-0.4, -0.2) is 35.1 Å². The van der Waals surface area contributed by atoms with Crippen molar-refractivity contribution in [2.45, 2.75) is 26.9 Å². The summed E-state index contributed by atoms with van der Waals surface area (Å²) >= 11 is 0. The molecule has 10 heteroatoms. The van der Waals surface area contributed by atoms with Gasteiger partial charge in [-0.3, -0.25) is 4.79 Å². The van der Waals surface area contributed by atoms with Gasteiger partial charge in [-0.15, -0.1) is 0 Å². The fraction of sp³-hybridized carbons (Fsp3) is 0.214. The quantitative estimate of drug-likeness (QED) is 0.134. The lowest BCUT2D eigenvalue weighted by molar-refractivity contribution is -0.282. The van der Waals surface area contributed by atoms with Crippen LogP contribution in [0.3, 0.4) is 0 Å². The van der Waals surface area contributed by atoms with E-state index in [-0.39, 0.29) is 24.9 Å². The van der Waals surface area contributed by atoms with Crippen LogP contribution in [0.5, 0.6) is 0 Å². The van der Waals surface area contributed by atoms with Crippen molar-refractivity contribution >= 4 is 40.9 Å². The maximum atomic E-state index is 11.9. The second-order valence-corrected chi connectivity index (χ2v) is 8.50. The van der Waals surface area contributed by atoms with Gasteiger partial charge in [-0.2, -0.15) is 15.0 Å². The minimum absolute atomic E-state index is 0.108. The van der Waals surface area contributed by atoms with Crippen LogP contribution in [0.1, 0.15) is 22.3 Å². The summed E-state index contributed by atoms with van der Waals surface area (Å²) in [7, 11) is 2.83. The van der Waals surface area contributed by atoms with Crippen molar-refractivity contribution in [2.75, 3.05) is 30.2 Å². The van der Waals surface area contributed by atoms with Gasteiger partial charge in [0.25, 0.3) is 0 Å². The van der Waals surface area contributed by atoms with Crippen LogP contribution in [0.15, 0.2) is 66.7 Å². The molecule has 0 amide bonds. The Kier molecular flexibility index (Phi) is 8.81. The van der Waals surface area contributed by atoms with Crippen molar-refractivity contribution in [3.63, 3.8) is 0 Å². The first-order valence-electron chi connectivity index (χ1n) is 12.0. The molecule has 0 saturated carbocycles. The van der Waals surface area contributed by atoms with Crippen molar-refractivity contribution in [3.05, 3.63) is 89.0 Å². The molecule has 3 N–H and O–H groups in total. The highest BCUT2D eigenvalue weighted by molar-refractivity contribution is 5.76. The van der Waals surface area contributed by atoms with Gasteiger partial charge >= 0.3 is 5.97 Å². The lowest BCUT2D eigenvalue weighted by Crippen LogP contribution is -2.10. The summed E-state index contributed by atoms with van der Waals surface area (Å²) in [4.78, 5) is 35.6. The molecule has 4 aromatic rings. The zero-order valence-electron chi connectivity index (χ0n) is 21.7. The molecule has 196 valence electrons. The van der Waals surface area contributed by atoms with E-state index in [1.165, 1.54) is 14.2 Å². The number of carbonyl (C=O) groups is 1. The highest BCUT2D eigenvalue weighted by atomic mass is 17.2. The number of ether oxygens (including phenoxy) is 1. The summed E-state index contributed by atoms with van der Waals surface area (Å²) < 4.78 is 4.84. The summed E-state index contributed by atoms with van der Waals surface area (Å²) in [5.41, 5.74) is 6.13. The molecule has 0 unspecified atom stereocenters. The number of hydrogen-bond donors (Lipinski definition) is 3. The minimum atomic E-state index is -0.343. The van der Waals surface area contributed by atoms with Crippen LogP contribution in [-0.2, 0) is 32.3 Å². The van der Waals surface area contributed by atoms with Gasteiger partial charge < -0.3 is 20.7 Å². The second-order valence-electron chi connectivity index (χ2n) is 8.50. The highest BCUT2D eigenvalue weighted by Gasteiger charge is 2.13. The van der Waals surface area contributed by atoms with E-state index >= 15 is 0 Å². The predicted octanol–water partition coefficient (Wildman–Crippen LogP) is 5.51. The summed E-state index contributed by atoms with van der Waals surface area (Å²) in [6, 6.07) is 21.1. The zero-order chi connectivity index (χ0) is 26.9. The Labute approximate surface area is 221 Å². The Morgan fingerprint density at radius 2 is 1.29 bits per heavy atom. The average Bonchev–Trinajstić information content (AvgIpc) is 2.91. The van der Waals surface area contributed by atoms with Gasteiger partial charge in [-0.1, -0.05) is 54.1 Å². The van der Waals surface area contributed by atoms with Crippen LogP contribution < -0.4 is 16.0 Å². The number of nitrogens with one attached hydrogen (secondary N) is 3. The molecule has 0 radical (unpaired) electrons. The number of anilines is 6. The predicted molar refractivity (Wildman–Crippen MR) is 146 cm³/mol. The van der Waals surface area contributed by atoms with E-state index < -0.39 is 0 Å². The summed E-state index contributed by atoms with van der Waals surface area (Å²) in [5.74, 6) is 0.597. The Hall–Kier alpha value is -4.54. The summed E-state index contributed by atoms with van der Waals surface area (Å²) in [5, 5.41) is 9.79. The van der Waals surface area contributed by atoms with E-state index in [2.05, 4.69) is 37.0 Å². The third kappa shape index (κ3) is 7.02. The van der Waals surface area contributed by atoms with Crippen LogP contribution in [0, 0.1) is 13.8 Å². The fourth-order valence-corrected chi connectivity index (χ4v) is 3.77. The first-order valence-corrected chi connectivity index (χ1v) is 12.0. The van der Waals surface area contributed by atoms with Gasteiger partial charge in [0.05, 0.1) is 20.6 Å². The topological polar surface area (TPSA) is 120 Å². The molecule has 0 bridgehead atoms. The fourth-order valence-electron chi connectivity index (χ4n) is 3.77. The van der Waals surface area contributed by atoms with Gasteiger partial charge in [0, 0.05) is 22.6 Å². The molecule has 3 aromatic carbocycles. The monoisotopic (exact) mass is 514 g/mol. The Morgan fingerprint density at radius 1 is 0.737 bits per heavy atom. The molecule has 1 aromatic heterocycles. The number of esters is 1. The molecule has 1 heterocycles. The van der Waals surface area contributed by atoms with Crippen LogP contribution in [0.2, 0.25) is 0 Å². The Morgan fingerprint density at radius 3 is 1.87 bits per heavy atom. The molecule has 0 saturated heterocycles. The van der Waals surface area contributed by atoms with E-state index in [4.69, 9.17) is 14.5 Å². The van der Waals surface area contributed by atoms with Gasteiger partial charge in [0.1, 0.15) is 6.61 Å². The van der Waals surface area contributed by atoms with Crippen molar-refractivity contribution in [3.8, 4) is 0 Å². The number of carbonyl (C=O) groups excluding carboxylic acids is 1. The van der Waals surface area contributed by atoms with Gasteiger partial charge in [0.2, 0.25) is 17.8 Å². The van der Waals surface area contributed by atoms with E-state index in [0.717, 1.165) is 33.6 Å². The largest absolute Gasteiger partial charge is 0.469 e. The average molecular weight is 515 g/mol. The van der Waals surface area contributed by atoms with Gasteiger partial charge in [0.15, 0.2) is 0 Å². The summed E-state index contributed by atoms with van der Waals surface area (Å²) in [6.45, 7) is 4.30. The third-order valence-electron chi connectivity index (χ3n) is 5.69. The highest BCUT2D eigenvalue weighted by Crippen LogP contribution is 2.26. The number of benzene rings is 3. The SMILES string of the molecule is COOCc1ccccc1Nc1nc(Nc2ccc(C)cc2C)nc(Nc2ccccc2CC(=O)OC)n1. The molecule has 0 aliphatic carbocycles. The van der Waals surface area contributed by atoms with Crippen LogP contribution in [0.25, 0.3) is 0 Å². The molecular weight excluding hydrogens is 484 g/mol. The first kappa shape index (κ1) is 26.5.